The fourth-order valence-electron chi connectivity index (χ4n) is 5.13. The second-order valence-electron chi connectivity index (χ2n) is 9.97. The van der Waals surface area contributed by atoms with E-state index in [1.807, 2.05) is 57.2 Å². The van der Waals surface area contributed by atoms with Gasteiger partial charge in [-0.1, -0.05) is 43.5 Å². The van der Waals surface area contributed by atoms with Crippen LogP contribution in [0.5, 0.6) is 0 Å². The third-order valence-electron chi connectivity index (χ3n) is 6.92. The van der Waals surface area contributed by atoms with E-state index in [9.17, 15) is 14.7 Å². The number of aromatic carboxylic acids is 1. The molecule has 8 nitrogen and oxygen atoms in total. The fraction of sp³-hybridized carbons (Fsp3) is 0.357. The minimum Gasteiger partial charge on any atom is -0.477 e. The summed E-state index contributed by atoms with van der Waals surface area (Å²) in [4.78, 5) is 32.9. The van der Waals surface area contributed by atoms with Crippen LogP contribution in [-0.2, 0) is 4.79 Å². The fourth-order valence-corrected chi connectivity index (χ4v) is 6.12. The molecule has 0 unspecified atom stereocenters. The molecule has 37 heavy (non-hydrogen) atoms. The van der Waals surface area contributed by atoms with Crippen molar-refractivity contribution in [2.45, 2.75) is 58.9 Å². The molecule has 5 rings (SSSR count). The van der Waals surface area contributed by atoms with Crippen LogP contribution in [0.2, 0.25) is 0 Å². The van der Waals surface area contributed by atoms with Crippen LogP contribution in [0.1, 0.15) is 61.3 Å². The van der Waals surface area contributed by atoms with Gasteiger partial charge in [0.1, 0.15) is 10.7 Å². The molecule has 1 fully saturated rings. The van der Waals surface area contributed by atoms with Crippen molar-refractivity contribution in [1.82, 2.24) is 14.6 Å². The number of nitrogens with zero attached hydrogens (tertiary/aromatic N) is 4. The van der Waals surface area contributed by atoms with Crippen molar-refractivity contribution in [2.75, 3.05) is 10.6 Å². The lowest BCUT2D eigenvalue weighted by atomic mass is 9.88. The van der Waals surface area contributed by atoms with Gasteiger partial charge in [0.15, 0.2) is 5.65 Å². The molecular weight excluding hydrogens is 486 g/mol. The molecule has 3 heterocycles. The van der Waals surface area contributed by atoms with E-state index in [0.717, 1.165) is 59.5 Å². The summed E-state index contributed by atoms with van der Waals surface area (Å²) in [5.41, 5.74) is 10.6. The predicted molar refractivity (Wildman–Crippen MR) is 147 cm³/mol. The summed E-state index contributed by atoms with van der Waals surface area (Å²) in [6.45, 7) is 5.77. The third-order valence-corrected chi connectivity index (χ3v) is 8.08. The number of nitrogens with two attached hydrogens (primary N) is 1. The van der Waals surface area contributed by atoms with Gasteiger partial charge in [-0.15, -0.1) is 11.3 Å². The van der Waals surface area contributed by atoms with E-state index in [2.05, 4.69) is 10.1 Å². The first-order valence-electron chi connectivity index (χ1n) is 12.7. The summed E-state index contributed by atoms with van der Waals surface area (Å²) >= 11 is 1.20. The zero-order valence-corrected chi connectivity index (χ0v) is 22.1. The largest absolute Gasteiger partial charge is 0.477 e. The maximum absolute atomic E-state index is 13.5. The van der Waals surface area contributed by atoms with Crippen molar-refractivity contribution in [3.05, 3.63) is 53.0 Å². The number of thiophene rings is 1. The van der Waals surface area contributed by atoms with Crippen molar-refractivity contribution in [2.24, 2.45) is 5.92 Å². The third kappa shape index (κ3) is 4.83. The molecule has 0 radical (unpaired) electrons. The lowest BCUT2D eigenvalue weighted by molar-refractivity contribution is -0.123. The molecule has 9 heteroatoms. The number of rotatable bonds is 6. The van der Waals surface area contributed by atoms with Crippen LogP contribution in [-0.4, -0.2) is 37.6 Å². The molecule has 192 valence electrons. The van der Waals surface area contributed by atoms with Crippen LogP contribution in [0.3, 0.4) is 0 Å². The molecule has 0 saturated heterocycles. The maximum atomic E-state index is 13.5. The number of fused-ring (bicyclic) bond motifs is 1. The number of hydrogen-bond donors (Lipinski definition) is 2. The van der Waals surface area contributed by atoms with Crippen LogP contribution in [0, 0.1) is 12.8 Å². The summed E-state index contributed by atoms with van der Waals surface area (Å²) < 4.78 is 1.62. The average Bonchev–Trinajstić information content (AvgIpc) is 3.50. The zero-order chi connectivity index (χ0) is 26.3. The molecule has 3 N–H and O–H groups in total. The summed E-state index contributed by atoms with van der Waals surface area (Å²) in [7, 11) is 0. The number of hydrogen-bond acceptors (Lipinski definition) is 6. The number of carboxylic acids is 1. The van der Waals surface area contributed by atoms with Gasteiger partial charge in [-0.3, -0.25) is 4.79 Å². The Morgan fingerprint density at radius 3 is 2.41 bits per heavy atom. The number of nitrogen functional groups attached to an aromatic ring is 1. The smallest absolute Gasteiger partial charge is 0.348 e. The Labute approximate surface area is 219 Å². The van der Waals surface area contributed by atoms with Gasteiger partial charge < -0.3 is 15.7 Å². The average molecular weight is 518 g/mol. The zero-order valence-electron chi connectivity index (χ0n) is 21.3. The van der Waals surface area contributed by atoms with E-state index in [1.165, 1.54) is 11.3 Å². The van der Waals surface area contributed by atoms with Crippen LogP contribution in [0.15, 0.2) is 42.5 Å². The minimum absolute atomic E-state index is 0.0341. The van der Waals surface area contributed by atoms with E-state index in [-0.39, 0.29) is 22.7 Å². The number of anilines is 2. The Morgan fingerprint density at radius 2 is 1.76 bits per heavy atom. The van der Waals surface area contributed by atoms with Crippen molar-refractivity contribution >= 4 is 40.4 Å². The Balaban J connectivity index is 1.48. The van der Waals surface area contributed by atoms with Crippen molar-refractivity contribution in [3.8, 4) is 21.7 Å². The van der Waals surface area contributed by atoms with Gasteiger partial charge in [-0.05, 0) is 45.2 Å². The number of carboxylic acid groups (broad SMARTS) is 1. The lowest BCUT2D eigenvalue weighted by Gasteiger charge is -2.32. The molecule has 1 aliphatic rings. The molecule has 1 amide bonds. The first-order valence-corrected chi connectivity index (χ1v) is 13.5. The van der Waals surface area contributed by atoms with Crippen LogP contribution in [0.4, 0.5) is 11.5 Å². The number of aryl methyl sites for hydroxylation is 1. The van der Waals surface area contributed by atoms with Crippen molar-refractivity contribution in [3.63, 3.8) is 0 Å². The standard InChI is InChI=1S/C28H31N5O3S/c1-16(2)32(27(34)20-7-5-4-6-8-20)22-15-23(37-26(22)28(35)36)19-11-9-18(10-12-19)21-14-25-30-17(3)13-24(29)33(25)31-21/h9-16,20H,4-8,29H2,1-3H3,(H,35,36). The summed E-state index contributed by atoms with van der Waals surface area (Å²) in [6.07, 6.45) is 4.98. The number of carbonyl (C=O) groups excluding carboxylic acids is 1. The van der Waals surface area contributed by atoms with Gasteiger partial charge in [-0.2, -0.15) is 9.61 Å². The second kappa shape index (κ2) is 9.97. The van der Waals surface area contributed by atoms with Crippen molar-refractivity contribution in [1.29, 1.82) is 0 Å². The monoisotopic (exact) mass is 517 g/mol. The summed E-state index contributed by atoms with van der Waals surface area (Å²) in [5, 5.41) is 14.6. The van der Waals surface area contributed by atoms with Gasteiger partial charge >= 0.3 is 5.97 Å². The molecule has 4 aromatic rings. The second-order valence-corrected chi connectivity index (χ2v) is 11.0. The highest BCUT2D eigenvalue weighted by Gasteiger charge is 2.32. The van der Waals surface area contributed by atoms with Crippen LogP contribution in [0.25, 0.3) is 27.3 Å². The van der Waals surface area contributed by atoms with Gasteiger partial charge in [0.2, 0.25) is 5.91 Å². The topological polar surface area (TPSA) is 114 Å². The number of amides is 1. The molecule has 0 aliphatic heterocycles. The first kappa shape index (κ1) is 25.0. The molecule has 0 atom stereocenters. The van der Waals surface area contributed by atoms with E-state index < -0.39 is 5.97 Å². The SMILES string of the molecule is Cc1cc(N)n2nc(-c3ccc(-c4cc(N(C(=O)C5CCCCC5)C(C)C)c(C(=O)O)s4)cc3)cc2n1. The Morgan fingerprint density at radius 1 is 1.08 bits per heavy atom. The first-order chi connectivity index (χ1) is 17.7. The molecule has 3 aromatic heterocycles. The molecule has 1 aromatic carbocycles. The highest BCUT2D eigenvalue weighted by molar-refractivity contribution is 7.18. The van der Waals surface area contributed by atoms with Gasteiger partial charge in [0.25, 0.3) is 0 Å². The molecule has 1 saturated carbocycles. The van der Waals surface area contributed by atoms with E-state index in [0.29, 0.717) is 17.2 Å². The van der Waals surface area contributed by atoms with Crippen LogP contribution >= 0.6 is 11.3 Å². The molecule has 1 aliphatic carbocycles. The van der Waals surface area contributed by atoms with Gasteiger partial charge in [0.05, 0.1) is 11.4 Å². The lowest BCUT2D eigenvalue weighted by Crippen LogP contribution is -2.42. The Bertz CT molecular complexity index is 1470. The van der Waals surface area contributed by atoms with E-state index in [4.69, 9.17) is 5.73 Å². The highest BCUT2D eigenvalue weighted by atomic mass is 32.1. The van der Waals surface area contributed by atoms with E-state index >= 15 is 0 Å². The number of benzene rings is 1. The minimum atomic E-state index is -1.02. The van der Waals surface area contributed by atoms with Gasteiger partial charge in [0, 0.05) is 40.2 Å². The van der Waals surface area contributed by atoms with Gasteiger partial charge in [-0.25, -0.2) is 9.78 Å². The normalized spacial score (nSPS) is 14.4. The number of carbonyl (C=O) groups is 2. The predicted octanol–water partition coefficient (Wildman–Crippen LogP) is 6.04. The van der Waals surface area contributed by atoms with Crippen molar-refractivity contribution < 1.29 is 14.7 Å². The highest BCUT2D eigenvalue weighted by Crippen LogP contribution is 2.40. The number of aromatic nitrogens is 3. The molecular formula is C28H31N5O3S. The van der Waals surface area contributed by atoms with E-state index in [1.54, 1.807) is 15.5 Å². The Kier molecular flexibility index (Phi) is 6.72. The quantitative estimate of drug-likeness (QED) is 0.323. The summed E-state index contributed by atoms with van der Waals surface area (Å²) in [5.74, 6) is -0.504. The maximum Gasteiger partial charge on any atom is 0.348 e. The molecule has 0 spiro atoms. The summed E-state index contributed by atoms with van der Waals surface area (Å²) in [6, 6.07) is 13.2. The van der Waals surface area contributed by atoms with Crippen LogP contribution < -0.4 is 10.6 Å². The Hall–Kier alpha value is -3.72. The molecule has 0 bridgehead atoms.